The van der Waals surface area contributed by atoms with Crippen molar-refractivity contribution in [2.24, 2.45) is 0 Å². The molecule has 4 aromatic carbocycles. The van der Waals surface area contributed by atoms with E-state index in [-0.39, 0.29) is 21.2 Å². The third-order valence-corrected chi connectivity index (χ3v) is 12.0. The molecule has 0 saturated heterocycles. The van der Waals surface area contributed by atoms with Gasteiger partial charge in [0, 0.05) is 0 Å². The van der Waals surface area contributed by atoms with Crippen LogP contribution in [0.25, 0.3) is 39.4 Å². The summed E-state index contributed by atoms with van der Waals surface area (Å²) in [5, 5.41) is 1.35. The molecule has 0 aliphatic heterocycles. The molecule has 0 saturated carbocycles. The molecule has 1 atom stereocenters. The van der Waals surface area contributed by atoms with Crippen molar-refractivity contribution in [3.63, 3.8) is 0 Å². The quantitative estimate of drug-likeness (QED) is 0.153. The van der Waals surface area contributed by atoms with Crippen LogP contribution in [0.2, 0.25) is 0 Å². The molecule has 3 aliphatic rings. The molecule has 0 N–H and O–H groups in total. The Morgan fingerprint density at radius 3 is 2.27 bits per heavy atom. The zero-order chi connectivity index (χ0) is 26.5. The van der Waals surface area contributed by atoms with Gasteiger partial charge in [-0.2, -0.15) is 0 Å². The van der Waals surface area contributed by atoms with Gasteiger partial charge in [0.25, 0.3) is 0 Å². The van der Waals surface area contributed by atoms with Gasteiger partial charge in [0.1, 0.15) is 0 Å². The van der Waals surface area contributed by atoms with E-state index in [1.807, 2.05) is 0 Å². The van der Waals surface area contributed by atoms with E-state index < -0.39 is 0 Å². The molecule has 196 valence electrons. The monoisotopic (exact) mass is 628 g/mol. The zero-order valence-electron chi connectivity index (χ0n) is 22.5. The van der Waals surface area contributed by atoms with Crippen molar-refractivity contribution in [2.75, 3.05) is 0 Å². The van der Waals surface area contributed by atoms with Gasteiger partial charge < -0.3 is 0 Å². The number of rotatable bonds is 4. The van der Waals surface area contributed by atoms with Crippen molar-refractivity contribution >= 4 is 22.6 Å². The average molecular weight is 629 g/mol. The van der Waals surface area contributed by atoms with Crippen molar-refractivity contribution in [2.45, 2.75) is 36.0 Å². The fourth-order valence-corrected chi connectivity index (χ4v) is 10.0. The molecule has 5 aromatic rings. The van der Waals surface area contributed by atoms with Crippen LogP contribution < -0.4 is 21.2 Å². The summed E-state index contributed by atoms with van der Waals surface area (Å²) in [6, 6.07) is 36.6. The van der Waals surface area contributed by atoms with Crippen LogP contribution in [0.3, 0.4) is 0 Å². The number of para-hydroxylation sites is 1. The van der Waals surface area contributed by atoms with E-state index in [9.17, 15) is 0 Å². The van der Waals surface area contributed by atoms with Crippen LogP contribution >= 0.6 is 0 Å². The third kappa shape index (κ3) is 4.12. The summed E-state index contributed by atoms with van der Waals surface area (Å²) in [7, 11) is 0. The molecule has 40 heavy (non-hydrogen) atoms. The van der Waals surface area contributed by atoms with Gasteiger partial charge in [0.2, 0.25) is 0 Å². The molecular weight excluding hydrogens is 597 g/mol. The first-order valence-corrected chi connectivity index (χ1v) is 16.8. The van der Waals surface area contributed by atoms with Crippen molar-refractivity contribution in [3.8, 4) is 16.8 Å². The normalized spacial score (nSPS) is 17.6. The van der Waals surface area contributed by atoms with E-state index in [0.29, 0.717) is 3.92 Å². The first-order valence-electron chi connectivity index (χ1n) is 14.4. The SMILES string of the molecule is C1=CC2=C(CC1)c1ccccc1C([I-]c1ccc(-c3ccc(-n4c5c(c6ccccc64)C=CCC5)cc3)cc1)C2. The van der Waals surface area contributed by atoms with Crippen molar-refractivity contribution in [3.05, 3.63) is 147 Å². The number of benzene rings is 4. The van der Waals surface area contributed by atoms with Gasteiger partial charge in [-0.25, -0.2) is 0 Å². The number of nitrogens with zero attached hydrogens (tertiary/aromatic N) is 1. The van der Waals surface area contributed by atoms with Crippen LogP contribution in [0.15, 0.2) is 121 Å². The zero-order valence-corrected chi connectivity index (χ0v) is 24.6. The molecule has 0 spiro atoms. The summed E-state index contributed by atoms with van der Waals surface area (Å²) >= 11 is -0.130. The van der Waals surface area contributed by atoms with Crippen LogP contribution in [0.1, 0.15) is 52.0 Å². The molecule has 8 rings (SSSR count). The minimum atomic E-state index is -0.130. The van der Waals surface area contributed by atoms with Gasteiger partial charge in [0.05, 0.1) is 0 Å². The second kappa shape index (κ2) is 10.1. The fraction of sp³-hybridized carbons (Fsp3) is 0.158. The predicted octanol–water partition coefficient (Wildman–Crippen LogP) is 6.76. The summed E-state index contributed by atoms with van der Waals surface area (Å²) < 4.78 is 4.65. The number of fused-ring (bicyclic) bond motifs is 5. The fourth-order valence-electron chi connectivity index (χ4n) is 6.80. The first-order chi connectivity index (χ1) is 19.8. The second-order valence-corrected chi connectivity index (χ2v) is 14.4. The van der Waals surface area contributed by atoms with E-state index >= 15 is 0 Å². The van der Waals surface area contributed by atoms with Gasteiger partial charge in [0.15, 0.2) is 0 Å². The third-order valence-electron chi connectivity index (χ3n) is 8.70. The average Bonchev–Trinajstić information content (AvgIpc) is 3.36. The number of hydrogen-bond donors (Lipinski definition) is 0. The number of hydrogen-bond acceptors (Lipinski definition) is 0. The van der Waals surface area contributed by atoms with Gasteiger partial charge in [-0.3, -0.25) is 0 Å². The molecule has 1 aromatic heterocycles. The minimum absolute atomic E-state index is 0.130. The van der Waals surface area contributed by atoms with E-state index in [1.54, 1.807) is 16.7 Å². The number of allylic oxidation sites excluding steroid dienone is 5. The Kier molecular flexibility index (Phi) is 6.10. The molecule has 1 heterocycles. The van der Waals surface area contributed by atoms with Crippen molar-refractivity contribution in [1.82, 2.24) is 4.57 Å². The second-order valence-electron chi connectivity index (χ2n) is 11.0. The summed E-state index contributed by atoms with van der Waals surface area (Å²) in [5.41, 5.74) is 14.2. The van der Waals surface area contributed by atoms with Gasteiger partial charge in [-0.15, -0.1) is 0 Å². The van der Waals surface area contributed by atoms with Crippen molar-refractivity contribution in [1.29, 1.82) is 0 Å². The maximum absolute atomic E-state index is 2.47. The Morgan fingerprint density at radius 1 is 0.675 bits per heavy atom. The topological polar surface area (TPSA) is 4.93 Å². The van der Waals surface area contributed by atoms with Gasteiger partial charge in [-0.1, -0.05) is 12.1 Å². The molecule has 0 fully saturated rings. The molecule has 0 bridgehead atoms. The molecular formula is C38H31IN-. The molecule has 1 nitrogen and oxygen atoms in total. The molecule has 1 unspecified atom stereocenters. The van der Waals surface area contributed by atoms with E-state index in [0.717, 1.165) is 12.8 Å². The van der Waals surface area contributed by atoms with E-state index in [4.69, 9.17) is 0 Å². The van der Waals surface area contributed by atoms with Crippen LogP contribution in [-0.2, 0) is 6.42 Å². The molecule has 0 amide bonds. The molecule has 3 aliphatic carbocycles. The number of alkyl halides is 1. The maximum atomic E-state index is 2.47. The van der Waals surface area contributed by atoms with Crippen molar-refractivity contribution < 1.29 is 21.2 Å². The Labute approximate surface area is 246 Å². The summed E-state index contributed by atoms with van der Waals surface area (Å²) in [6.45, 7) is 0. The van der Waals surface area contributed by atoms with E-state index in [1.165, 1.54) is 67.4 Å². The Hall–Kier alpha value is -3.63. The van der Waals surface area contributed by atoms with Crippen LogP contribution in [0, 0.1) is 3.57 Å². The van der Waals surface area contributed by atoms with Gasteiger partial charge in [-0.05, 0) is 0 Å². The van der Waals surface area contributed by atoms with E-state index in [2.05, 4.69) is 126 Å². The Bertz CT molecular complexity index is 1830. The number of aromatic nitrogens is 1. The summed E-state index contributed by atoms with van der Waals surface area (Å²) in [5.74, 6) is 0. The number of halogens is 1. The van der Waals surface area contributed by atoms with Gasteiger partial charge >= 0.3 is 236 Å². The summed E-state index contributed by atoms with van der Waals surface area (Å²) in [6.07, 6.45) is 15.2. The summed E-state index contributed by atoms with van der Waals surface area (Å²) in [4.78, 5) is 0. The van der Waals surface area contributed by atoms with Crippen LogP contribution in [0.5, 0.6) is 0 Å². The first kappa shape index (κ1) is 24.2. The van der Waals surface area contributed by atoms with Crippen LogP contribution in [0.4, 0.5) is 0 Å². The predicted molar refractivity (Wildman–Crippen MR) is 164 cm³/mol. The van der Waals surface area contributed by atoms with Crippen LogP contribution in [-0.4, -0.2) is 4.57 Å². The Morgan fingerprint density at radius 2 is 1.40 bits per heavy atom. The standard InChI is InChI=1S/C38H31IN/c1-2-10-31-28(9-1)25-36(33-12-4-3-11-32(31)33)39-29-21-17-26(18-22-29)27-19-23-30(24-20-27)40-37-15-7-5-13-34(37)35-14-6-8-16-38(35)40/h1,3-7,9,11-15,17-24,36H,2,8,10,16,25H2/q-1. The Balaban J connectivity index is 1.06. The molecule has 2 heteroatoms. The molecule has 0 radical (unpaired) electrons.